The summed E-state index contributed by atoms with van der Waals surface area (Å²) in [4.78, 5) is 23.2. The first-order chi connectivity index (χ1) is 16.3. The molecule has 3 aromatic rings. The monoisotopic (exact) mass is 470 g/mol. The number of allylic oxidation sites excluding steroid dienone is 2. The maximum absolute atomic E-state index is 13.3. The number of carbonyl (C=O) groups excluding carboxylic acids is 1. The van der Waals surface area contributed by atoms with Crippen molar-refractivity contribution in [3.05, 3.63) is 65.7 Å². The van der Waals surface area contributed by atoms with Gasteiger partial charge in [0.2, 0.25) is 5.89 Å². The molecule has 2 aromatic heterocycles. The number of amides is 1. The van der Waals surface area contributed by atoms with Crippen molar-refractivity contribution in [2.75, 3.05) is 20.2 Å². The summed E-state index contributed by atoms with van der Waals surface area (Å²) in [6.07, 6.45) is 3.51. The Hall–Kier alpha value is -3.66. The Bertz CT molecular complexity index is 1310. The molecule has 2 atom stereocenters. The second-order valence-electron chi connectivity index (χ2n) is 8.21. The van der Waals surface area contributed by atoms with Gasteiger partial charge in [-0.25, -0.2) is 9.97 Å². The van der Waals surface area contributed by atoms with Crippen LogP contribution in [0.1, 0.15) is 21.9 Å². The lowest BCUT2D eigenvalue weighted by Crippen LogP contribution is -2.30. The Morgan fingerprint density at radius 1 is 1.15 bits per heavy atom. The van der Waals surface area contributed by atoms with Crippen LogP contribution in [0.5, 0.6) is 5.75 Å². The van der Waals surface area contributed by atoms with Crippen LogP contribution in [0.25, 0.3) is 22.4 Å². The topological polar surface area (TPSA) is 94.5 Å². The molecule has 7 nitrogen and oxygen atoms in total. The van der Waals surface area contributed by atoms with E-state index in [-0.39, 0.29) is 52.9 Å². The molecule has 0 radical (unpaired) electrons. The van der Waals surface area contributed by atoms with Gasteiger partial charge in [0.05, 0.1) is 13.7 Å². The molecular formula is C24H21F3N4O3. The quantitative estimate of drug-likeness (QED) is 0.615. The fourth-order valence-electron chi connectivity index (χ4n) is 4.46. The van der Waals surface area contributed by atoms with Gasteiger partial charge in [-0.2, -0.15) is 13.2 Å². The number of carbonyl (C=O) groups is 1. The molecule has 0 bridgehead atoms. The molecule has 0 saturated carbocycles. The van der Waals surface area contributed by atoms with Crippen LogP contribution in [0, 0.1) is 11.8 Å². The number of alkyl halides is 3. The molecule has 1 aromatic carbocycles. The second kappa shape index (κ2) is 8.28. The average molecular weight is 470 g/mol. The number of methoxy groups -OCH3 is 1. The number of hydrogen-bond donors (Lipinski definition) is 1. The number of hydrogen-bond acceptors (Lipinski definition) is 6. The van der Waals surface area contributed by atoms with Gasteiger partial charge in [-0.3, -0.25) is 4.79 Å². The molecule has 1 saturated heterocycles. The van der Waals surface area contributed by atoms with Crippen molar-refractivity contribution in [2.24, 2.45) is 17.6 Å². The zero-order chi connectivity index (χ0) is 24.0. The zero-order valence-electron chi connectivity index (χ0n) is 18.2. The van der Waals surface area contributed by atoms with Gasteiger partial charge in [-0.05, 0) is 24.3 Å². The van der Waals surface area contributed by atoms with Crippen LogP contribution in [0.2, 0.25) is 0 Å². The van der Waals surface area contributed by atoms with Crippen LogP contribution in [0.4, 0.5) is 13.2 Å². The fraction of sp³-hybridized carbons (Fsp3) is 0.292. The summed E-state index contributed by atoms with van der Waals surface area (Å²) in [6.45, 7) is 1.07. The van der Waals surface area contributed by atoms with Gasteiger partial charge >= 0.3 is 6.18 Å². The summed E-state index contributed by atoms with van der Waals surface area (Å²) in [6, 6.07) is 5.27. The van der Waals surface area contributed by atoms with Crippen LogP contribution in [0.15, 0.2) is 53.0 Å². The van der Waals surface area contributed by atoms with Crippen molar-refractivity contribution >= 4 is 16.8 Å². The van der Waals surface area contributed by atoms with E-state index in [9.17, 15) is 18.0 Å². The van der Waals surface area contributed by atoms with E-state index in [2.05, 4.69) is 22.1 Å². The summed E-state index contributed by atoms with van der Waals surface area (Å²) < 4.78 is 50.7. The molecule has 1 aliphatic carbocycles. The van der Waals surface area contributed by atoms with Gasteiger partial charge in [-0.1, -0.05) is 24.3 Å². The largest absolute Gasteiger partial charge is 0.494 e. The number of benzene rings is 1. The summed E-state index contributed by atoms with van der Waals surface area (Å²) in [7, 11) is 1.35. The number of oxazole rings is 1. The molecule has 10 heteroatoms. The molecule has 0 spiro atoms. The molecule has 5 rings (SSSR count). The van der Waals surface area contributed by atoms with E-state index in [1.165, 1.54) is 19.2 Å². The number of pyridine rings is 1. The predicted octanol–water partition coefficient (Wildman–Crippen LogP) is 4.19. The van der Waals surface area contributed by atoms with E-state index >= 15 is 0 Å². The lowest BCUT2D eigenvalue weighted by atomic mass is 9.92. The highest BCUT2D eigenvalue weighted by atomic mass is 19.4. The number of halogens is 3. The van der Waals surface area contributed by atoms with Crippen molar-refractivity contribution in [2.45, 2.75) is 12.7 Å². The van der Waals surface area contributed by atoms with Crippen molar-refractivity contribution in [3.63, 3.8) is 0 Å². The number of ether oxygens (including phenoxy) is 1. The molecule has 1 aliphatic heterocycles. The Balaban J connectivity index is 1.55. The van der Waals surface area contributed by atoms with E-state index in [1.807, 2.05) is 12.2 Å². The Kier molecular flexibility index (Phi) is 5.40. The molecule has 176 valence electrons. The highest BCUT2D eigenvalue weighted by molar-refractivity contribution is 5.98. The number of rotatable bonds is 4. The summed E-state index contributed by atoms with van der Waals surface area (Å²) >= 11 is 0. The maximum Gasteiger partial charge on any atom is 0.433 e. The van der Waals surface area contributed by atoms with Gasteiger partial charge in [0, 0.05) is 35.9 Å². The van der Waals surface area contributed by atoms with Crippen LogP contribution in [-0.4, -0.2) is 41.0 Å². The van der Waals surface area contributed by atoms with Crippen LogP contribution < -0.4 is 10.5 Å². The number of fused-ring (bicyclic) bond motifs is 2. The van der Waals surface area contributed by atoms with Crippen molar-refractivity contribution in [1.82, 2.24) is 14.9 Å². The normalized spacial score (nSPS) is 19.6. The molecule has 1 fully saturated rings. The first kappa shape index (κ1) is 22.1. The first-order valence-corrected chi connectivity index (χ1v) is 10.7. The van der Waals surface area contributed by atoms with Crippen molar-refractivity contribution < 1.29 is 27.1 Å². The number of nitrogens with zero attached hydrogens (tertiary/aromatic N) is 3. The number of aromatic nitrogens is 2. The van der Waals surface area contributed by atoms with E-state index in [0.29, 0.717) is 24.0 Å². The summed E-state index contributed by atoms with van der Waals surface area (Å²) in [5.41, 5.74) is 5.29. The van der Waals surface area contributed by atoms with E-state index in [1.54, 1.807) is 11.0 Å². The highest BCUT2D eigenvalue weighted by Gasteiger charge is 2.36. The Morgan fingerprint density at radius 2 is 1.85 bits per heavy atom. The zero-order valence-corrected chi connectivity index (χ0v) is 18.2. The standard InChI is InChI=1S/C24H21F3N4O3/c1-33-17-8-6-16(15-7-9-19(24(25,26)27)29-20(15)17)22-30-21(18(10-28)34-22)23(32)31-11-13-4-2-3-5-14(13)12-31/h2-9,13-14H,10-12,28H2,1H3. The van der Waals surface area contributed by atoms with Gasteiger partial charge in [-0.15, -0.1) is 0 Å². The molecule has 3 heterocycles. The minimum absolute atomic E-state index is 0.0115. The fourth-order valence-corrected chi connectivity index (χ4v) is 4.46. The lowest BCUT2D eigenvalue weighted by molar-refractivity contribution is -0.140. The van der Waals surface area contributed by atoms with E-state index < -0.39 is 11.9 Å². The molecule has 2 aliphatic rings. The SMILES string of the molecule is COc1ccc(-c2nc(C(=O)N3CC4C=CC=CC4C3)c(CN)o2)c2ccc(C(F)(F)F)nc12. The van der Waals surface area contributed by atoms with Crippen molar-refractivity contribution in [1.29, 1.82) is 0 Å². The second-order valence-corrected chi connectivity index (χ2v) is 8.21. The third kappa shape index (κ3) is 3.73. The maximum atomic E-state index is 13.3. The number of nitrogens with two attached hydrogens (primary N) is 1. The van der Waals surface area contributed by atoms with Gasteiger partial charge < -0.3 is 19.8 Å². The van der Waals surface area contributed by atoms with Gasteiger partial charge in [0.1, 0.15) is 17.0 Å². The van der Waals surface area contributed by atoms with Crippen molar-refractivity contribution in [3.8, 4) is 17.2 Å². The number of likely N-dealkylation sites (tertiary alicyclic amines) is 1. The summed E-state index contributed by atoms with van der Waals surface area (Å²) in [5, 5.41) is 0.346. The molecule has 2 N–H and O–H groups in total. The third-order valence-corrected chi connectivity index (χ3v) is 6.17. The minimum atomic E-state index is -4.61. The van der Waals surface area contributed by atoms with Gasteiger partial charge in [0.15, 0.2) is 11.5 Å². The average Bonchev–Trinajstić information content (AvgIpc) is 3.46. The predicted molar refractivity (Wildman–Crippen MR) is 118 cm³/mol. The molecule has 2 unspecified atom stereocenters. The lowest BCUT2D eigenvalue weighted by Gasteiger charge is -2.14. The minimum Gasteiger partial charge on any atom is -0.494 e. The van der Waals surface area contributed by atoms with Crippen LogP contribution in [0.3, 0.4) is 0 Å². The van der Waals surface area contributed by atoms with Crippen LogP contribution in [-0.2, 0) is 12.7 Å². The van der Waals surface area contributed by atoms with E-state index in [4.69, 9.17) is 14.9 Å². The molecule has 1 amide bonds. The Morgan fingerprint density at radius 3 is 2.47 bits per heavy atom. The Labute approximate surface area is 192 Å². The smallest absolute Gasteiger partial charge is 0.433 e. The van der Waals surface area contributed by atoms with E-state index in [0.717, 1.165) is 6.07 Å². The highest BCUT2D eigenvalue weighted by Crippen LogP contribution is 2.37. The van der Waals surface area contributed by atoms with Gasteiger partial charge in [0.25, 0.3) is 5.91 Å². The molecular weight excluding hydrogens is 449 g/mol. The first-order valence-electron chi connectivity index (χ1n) is 10.7. The third-order valence-electron chi connectivity index (χ3n) is 6.17. The summed E-state index contributed by atoms with van der Waals surface area (Å²) in [5.74, 6) is 0.677. The molecule has 34 heavy (non-hydrogen) atoms. The van der Waals surface area contributed by atoms with Crippen LogP contribution >= 0.6 is 0 Å².